The second-order valence-corrected chi connectivity index (χ2v) is 4.51. The number of carboxylic acids is 1. The number of carbonyl (C=O) groups excluding carboxylic acids is 1. The van der Waals surface area contributed by atoms with E-state index in [-0.39, 0.29) is 13.0 Å². The van der Waals surface area contributed by atoms with Gasteiger partial charge in [0.1, 0.15) is 0 Å². The van der Waals surface area contributed by atoms with Crippen molar-refractivity contribution < 1.29 is 24.5 Å². The van der Waals surface area contributed by atoms with Crippen molar-refractivity contribution in [1.82, 2.24) is 0 Å². The Labute approximate surface area is 102 Å². The van der Waals surface area contributed by atoms with Crippen molar-refractivity contribution in [2.75, 3.05) is 6.61 Å². The molecule has 0 amide bonds. The summed E-state index contributed by atoms with van der Waals surface area (Å²) in [7, 11) is 0. The monoisotopic (exact) mass is 246 g/mol. The average Bonchev–Trinajstić information content (AvgIpc) is 2.23. The van der Waals surface area contributed by atoms with Gasteiger partial charge in [0.25, 0.3) is 0 Å². The molecule has 0 aliphatic rings. The molecule has 2 unspecified atom stereocenters. The van der Waals surface area contributed by atoms with Crippen LogP contribution in [0.5, 0.6) is 0 Å². The van der Waals surface area contributed by atoms with Gasteiger partial charge in [-0.05, 0) is 25.7 Å². The lowest BCUT2D eigenvalue weighted by molar-refractivity contribution is -0.155. The Kier molecular flexibility index (Phi) is 7.54. The fourth-order valence-corrected chi connectivity index (χ4v) is 1.48. The lowest BCUT2D eigenvalue weighted by Gasteiger charge is -2.16. The third kappa shape index (κ3) is 6.94. The molecule has 17 heavy (non-hydrogen) atoms. The fourth-order valence-electron chi connectivity index (χ4n) is 1.48. The number of aliphatic hydroxyl groups is 1. The minimum atomic E-state index is -1.34. The Morgan fingerprint density at radius 2 is 1.82 bits per heavy atom. The van der Waals surface area contributed by atoms with Crippen LogP contribution in [0.3, 0.4) is 0 Å². The number of hydrogen-bond acceptors (Lipinski definition) is 4. The molecule has 0 aromatic carbocycles. The summed E-state index contributed by atoms with van der Waals surface area (Å²) in [5, 5.41) is 18.5. The average molecular weight is 246 g/mol. The molecule has 0 heterocycles. The zero-order valence-corrected chi connectivity index (χ0v) is 10.7. The first-order valence-electron chi connectivity index (χ1n) is 5.96. The van der Waals surface area contributed by atoms with Crippen molar-refractivity contribution in [3.05, 3.63) is 0 Å². The lowest BCUT2D eigenvalue weighted by atomic mass is 9.93. The van der Waals surface area contributed by atoms with Crippen LogP contribution in [0.1, 0.15) is 40.0 Å². The summed E-state index contributed by atoms with van der Waals surface area (Å²) in [6, 6.07) is 0. The van der Waals surface area contributed by atoms with Gasteiger partial charge < -0.3 is 14.9 Å². The maximum absolute atomic E-state index is 11.2. The number of ether oxygens (including phenoxy) is 1. The van der Waals surface area contributed by atoms with Crippen molar-refractivity contribution in [2.45, 2.75) is 46.1 Å². The molecule has 5 heteroatoms. The Morgan fingerprint density at radius 1 is 1.24 bits per heavy atom. The minimum absolute atomic E-state index is 0.0825. The van der Waals surface area contributed by atoms with Gasteiger partial charge in [-0.1, -0.05) is 20.3 Å². The van der Waals surface area contributed by atoms with E-state index in [2.05, 4.69) is 4.74 Å². The highest BCUT2D eigenvalue weighted by Crippen LogP contribution is 2.18. The van der Waals surface area contributed by atoms with Crippen LogP contribution in [0.2, 0.25) is 0 Å². The van der Waals surface area contributed by atoms with Gasteiger partial charge >= 0.3 is 11.9 Å². The van der Waals surface area contributed by atoms with E-state index < -0.39 is 24.0 Å². The number of carboxylic acid groups (broad SMARTS) is 1. The predicted octanol–water partition coefficient (Wildman–Crippen LogP) is 1.44. The predicted molar refractivity (Wildman–Crippen MR) is 62.5 cm³/mol. The molecule has 0 saturated carbocycles. The molecular weight excluding hydrogens is 224 g/mol. The number of esters is 1. The van der Waals surface area contributed by atoms with E-state index in [9.17, 15) is 14.7 Å². The highest BCUT2D eigenvalue weighted by atomic mass is 16.5. The van der Waals surface area contributed by atoms with Crippen LogP contribution in [0.4, 0.5) is 0 Å². The topological polar surface area (TPSA) is 83.8 Å². The van der Waals surface area contributed by atoms with Crippen molar-refractivity contribution in [1.29, 1.82) is 0 Å². The van der Waals surface area contributed by atoms with Crippen LogP contribution in [0, 0.1) is 11.8 Å². The molecule has 0 aliphatic heterocycles. The second-order valence-electron chi connectivity index (χ2n) is 4.51. The molecule has 100 valence electrons. The van der Waals surface area contributed by atoms with E-state index in [0.29, 0.717) is 12.3 Å². The summed E-state index contributed by atoms with van der Waals surface area (Å²) in [5.41, 5.74) is 0. The first kappa shape index (κ1) is 15.9. The molecule has 2 atom stereocenters. The van der Waals surface area contributed by atoms with Gasteiger partial charge in [0.2, 0.25) is 0 Å². The number of hydrogen-bond donors (Lipinski definition) is 2. The maximum Gasteiger partial charge on any atom is 0.334 e. The van der Waals surface area contributed by atoms with Crippen LogP contribution in [0.15, 0.2) is 0 Å². The van der Waals surface area contributed by atoms with Crippen LogP contribution in [0.25, 0.3) is 0 Å². The van der Waals surface area contributed by atoms with E-state index in [4.69, 9.17) is 5.11 Å². The summed E-state index contributed by atoms with van der Waals surface area (Å²) in [5.74, 6) is -2.02. The van der Waals surface area contributed by atoms with Crippen LogP contribution in [-0.4, -0.2) is 34.9 Å². The summed E-state index contributed by atoms with van der Waals surface area (Å²) >= 11 is 0. The fraction of sp³-hybridized carbons (Fsp3) is 0.833. The van der Waals surface area contributed by atoms with E-state index >= 15 is 0 Å². The van der Waals surface area contributed by atoms with Gasteiger partial charge in [0.05, 0.1) is 12.5 Å². The van der Waals surface area contributed by atoms with Crippen LogP contribution in [-0.2, 0) is 14.3 Å². The van der Waals surface area contributed by atoms with E-state index in [0.717, 1.165) is 6.42 Å². The summed E-state index contributed by atoms with van der Waals surface area (Å²) in [6.45, 7) is 5.82. The molecule has 0 fully saturated rings. The molecule has 0 bridgehead atoms. The maximum atomic E-state index is 11.2. The number of aliphatic carboxylic acids is 1. The lowest BCUT2D eigenvalue weighted by Crippen LogP contribution is -2.29. The zero-order chi connectivity index (χ0) is 13.4. The molecule has 0 saturated heterocycles. The SMILES string of the molecule is CCOC(=O)C(O)CC(CCC(C)C)C(=O)O. The first-order valence-corrected chi connectivity index (χ1v) is 5.96. The van der Waals surface area contributed by atoms with Crippen molar-refractivity contribution in [3.8, 4) is 0 Å². The second kappa shape index (κ2) is 8.06. The molecule has 2 N–H and O–H groups in total. The van der Waals surface area contributed by atoms with Gasteiger partial charge in [-0.25, -0.2) is 4.79 Å². The number of carbonyl (C=O) groups is 2. The molecule has 0 aliphatic carbocycles. The van der Waals surface area contributed by atoms with E-state index in [1.165, 1.54) is 0 Å². The summed E-state index contributed by atoms with van der Waals surface area (Å²) in [4.78, 5) is 22.1. The highest BCUT2D eigenvalue weighted by molar-refractivity contribution is 5.76. The molecule has 0 aromatic heterocycles. The normalized spacial score (nSPS) is 14.4. The van der Waals surface area contributed by atoms with Gasteiger partial charge in [-0.15, -0.1) is 0 Å². The summed E-state index contributed by atoms with van der Waals surface area (Å²) < 4.78 is 4.63. The van der Waals surface area contributed by atoms with E-state index in [1.54, 1.807) is 6.92 Å². The number of rotatable bonds is 8. The van der Waals surface area contributed by atoms with Crippen molar-refractivity contribution in [3.63, 3.8) is 0 Å². The molecular formula is C12H22O5. The van der Waals surface area contributed by atoms with Crippen LogP contribution < -0.4 is 0 Å². The Hall–Kier alpha value is -1.10. The van der Waals surface area contributed by atoms with Gasteiger partial charge in [-0.2, -0.15) is 0 Å². The Balaban J connectivity index is 4.24. The van der Waals surface area contributed by atoms with Crippen molar-refractivity contribution in [2.24, 2.45) is 11.8 Å². The third-order valence-corrected chi connectivity index (χ3v) is 2.51. The summed E-state index contributed by atoms with van der Waals surface area (Å²) in [6.07, 6.45) is -0.208. The zero-order valence-electron chi connectivity index (χ0n) is 10.7. The third-order valence-electron chi connectivity index (χ3n) is 2.51. The van der Waals surface area contributed by atoms with Crippen LogP contribution >= 0.6 is 0 Å². The number of aliphatic hydroxyl groups excluding tert-OH is 1. The highest BCUT2D eigenvalue weighted by Gasteiger charge is 2.26. The minimum Gasteiger partial charge on any atom is -0.481 e. The van der Waals surface area contributed by atoms with E-state index in [1.807, 2.05) is 13.8 Å². The molecule has 0 rings (SSSR count). The Bertz CT molecular complexity index is 249. The smallest absolute Gasteiger partial charge is 0.334 e. The largest absolute Gasteiger partial charge is 0.481 e. The first-order chi connectivity index (χ1) is 7.88. The van der Waals surface area contributed by atoms with Gasteiger partial charge in [-0.3, -0.25) is 4.79 Å². The molecule has 5 nitrogen and oxygen atoms in total. The van der Waals surface area contributed by atoms with Crippen molar-refractivity contribution >= 4 is 11.9 Å². The molecule has 0 spiro atoms. The molecule has 0 aromatic rings. The standard InChI is InChI=1S/C12H22O5/c1-4-17-12(16)10(13)7-9(11(14)15)6-5-8(2)3/h8-10,13H,4-7H2,1-3H3,(H,14,15). The van der Waals surface area contributed by atoms with Gasteiger partial charge in [0.15, 0.2) is 6.10 Å². The van der Waals surface area contributed by atoms with Gasteiger partial charge in [0, 0.05) is 0 Å². The Morgan fingerprint density at radius 3 is 2.24 bits per heavy atom. The molecule has 0 radical (unpaired) electrons. The quantitative estimate of drug-likeness (QED) is 0.633.